The Kier molecular flexibility index (Phi) is 8.07. The molecule has 0 unspecified atom stereocenters. The molecule has 0 saturated carbocycles. The average Bonchev–Trinajstić information content (AvgIpc) is 3.09. The smallest absolute Gasteiger partial charge is 0.260 e. The summed E-state index contributed by atoms with van der Waals surface area (Å²) in [5.74, 6) is -1.57. The number of hydrogen-bond acceptors (Lipinski definition) is 4. The van der Waals surface area contributed by atoms with E-state index in [1.54, 1.807) is 11.0 Å². The zero-order valence-corrected chi connectivity index (χ0v) is 18.2. The van der Waals surface area contributed by atoms with Gasteiger partial charge in [-0.05, 0) is 38.2 Å². The Labute approximate surface area is 179 Å². The summed E-state index contributed by atoms with van der Waals surface area (Å²) in [4.78, 5) is 21.3. The Morgan fingerprint density at radius 1 is 1.10 bits per heavy atom. The third-order valence-corrected chi connectivity index (χ3v) is 5.70. The number of carbonyl (C=O) groups excluding carboxylic acids is 1. The summed E-state index contributed by atoms with van der Waals surface area (Å²) in [6.45, 7) is 8.85. The van der Waals surface area contributed by atoms with Crippen molar-refractivity contribution in [1.82, 2.24) is 9.88 Å². The van der Waals surface area contributed by atoms with E-state index in [0.29, 0.717) is 28.5 Å². The lowest BCUT2D eigenvalue weighted by Gasteiger charge is -2.24. The first-order valence-electron chi connectivity index (χ1n) is 9.29. The highest BCUT2D eigenvalue weighted by molar-refractivity contribution is 7.22. The number of likely N-dealkylation sites (N-methyl/N-ethyl adjacent to an activating group) is 1. The molecule has 1 aromatic heterocycles. The van der Waals surface area contributed by atoms with E-state index in [1.807, 2.05) is 25.1 Å². The van der Waals surface area contributed by atoms with Gasteiger partial charge in [0.15, 0.2) is 10.9 Å². The highest BCUT2D eigenvalue weighted by Crippen LogP contribution is 2.32. The normalized spacial score (nSPS) is 11.0. The first-order chi connectivity index (χ1) is 13.4. The Balaban J connectivity index is 0.00000300. The van der Waals surface area contributed by atoms with Crippen LogP contribution in [0.2, 0.25) is 0 Å². The lowest BCUT2D eigenvalue weighted by atomic mass is 10.1. The molecule has 0 aliphatic carbocycles. The van der Waals surface area contributed by atoms with Crippen LogP contribution in [0.15, 0.2) is 36.4 Å². The minimum absolute atomic E-state index is 0. The van der Waals surface area contributed by atoms with Gasteiger partial charge in [0.25, 0.3) is 5.91 Å². The molecule has 156 valence electrons. The Bertz CT molecular complexity index is 991. The van der Waals surface area contributed by atoms with Crippen LogP contribution in [0.25, 0.3) is 10.2 Å². The van der Waals surface area contributed by atoms with Gasteiger partial charge in [-0.3, -0.25) is 9.69 Å². The predicted molar refractivity (Wildman–Crippen MR) is 117 cm³/mol. The minimum Gasteiger partial charge on any atom is -0.302 e. The third-order valence-electron chi connectivity index (χ3n) is 4.68. The van der Waals surface area contributed by atoms with Gasteiger partial charge in [-0.15, -0.1) is 12.4 Å². The first-order valence-corrected chi connectivity index (χ1v) is 10.1. The van der Waals surface area contributed by atoms with Crippen molar-refractivity contribution in [1.29, 1.82) is 0 Å². The van der Waals surface area contributed by atoms with Crippen LogP contribution >= 0.6 is 23.7 Å². The molecule has 0 atom stereocenters. The summed E-state index contributed by atoms with van der Waals surface area (Å²) >= 11 is 1.12. The molecule has 1 amide bonds. The summed E-state index contributed by atoms with van der Waals surface area (Å²) in [5, 5.41) is 0.373. The fourth-order valence-corrected chi connectivity index (χ4v) is 4.09. The largest absolute Gasteiger partial charge is 0.302 e. The quantitative estimate of drug-likeness (QED) is 0.501. The lowest BCUT2D eigenvalue weighted by Crippen LogP contribution is -2.38. The molecule has 0 radical (unpaired) electrons. The van der Waals surface area contributed by atoms with Crippen molar-refractivity contribution in [3.05, 3.63) is 59.2 Å². The van der Waals surface area contributed by atoms with Gasteiger partial charge in [0.2, 0.25) is 0 Å². The maximum atomic E-state index is 14.1. The van der Waals surface area contributed by atoms with Crippen LogP contribution < -0.4 is 4.90 Å². The summed E-state index contributed by atoms with van der Waals surface area (Å²) in [7, 11) is 0. The Morgan fingerprint density at radius 2 is 1.83 bits per heavy atom. The molecule has 3 rings (SSSR count). The topological polar surface area (TPSA) is 36.4 Å². The van der Waals surface area contributed by atoms with Crippen molar-refractivity contribution in [2.75, 3.05) is 31.1 Å². The Morgan fingerprint density at radius 3 is 2.48 bits per heavy atom. The second-order valence-electron chi connectivity index (χ2n) is 6.58. The van der Waals surface area contributed by atoms with Crippen LogP contribution in [-0.4, -0.2) is 42.0 Å². The maximum Gasteiger partial charge on any atom is 0.260 e. The van der Waals surface area contributed by atoms with E-state index in [2.05, 4.69) is 23.7 Å². The maximum absolute atomic E-state index is 14.1. The number of fused-ring (bicyclic) bond motifs is 1. The van der Waals surface area contributed by atoms with Crippen LogP contribution in [0.1, 0.15) is 29.8 Å². The molecular formula is C21H24ClF2N3OS. The minimum atomic E-state index is -0.718. The van der Waals surface area contributed by atoms with E-state index in [0.717, 1.165) is 36.1 Å². The van der Waals surface area contributed by atoms with Gasteiger partial charge in [0.05, 0.1) is 4.70 Å². The fourth-order valence-electron chi connectivity index (χ4n) is 3.06. The van der Waals surface area contributed by atoms with E-state index in [9.17, 15) is 13.6 Å². The summed E-state index contributed by atoms with van der Waals surface area (Å²) in [5.41, 5.74) is 1.61. The fraction of sp³-hybridized carbons (Fsp3) is 0.333. The zero-order valence-electron chi connectivity index (χ0n) is 16.6. The average molecular weight is 440 g/mol. The van der Waals surface area contributed by atoms with Crippen LogP contribution in [0, 0.1) is 18.6 Å². The first kappa shape index (κ1) is 23.2. The van der Waals surface area contributed by atoms with Crippen LogP contribution in [0.4, 0.5) is 13.9 Å². The summed E-state index contributed by atoms with van der Waals surface area (Å²) < 4.78 is 28.1. The summed E-state index contributed by atoms with van der Waals surface area (Å²) in [6.07, 6.45) is 0. The van der Waals surface area contributed by atoms with Crippen molar-refractivity contribution in [2.24, 2.45) is 0 Å². The molecule has 4 nitrogen and oxygen atoms in total. The molecule has 8 heteroatoms. The van der Waals surface area contributed by atoms with Crippen molar-refractivity contribution < 1.29 is 13.6 Å². The van der Waals surface area contributed by atoms with Crippen molar-refractivity contribution in [3.63, 3.8) is 0 Å². The number of hydrogen-bond donors (Lipinski definition) is 0. The Hall–Kier alpha value is -2.09. The van der Waals surface area contributed by atoms with Crippen molar-refractivity contribution in [3.8, 4) is 0 Å². The predicted octanol–water partition coefficient (Wildman–Crippen LogP) is 5.29. The highest BCUT2D eigenvalue weighted by Gasteiger charge is 2.23. The number of halogens is 3. The SMILES string of the molecule is CCN(CC)CCN(C(=O)c1cccc(C)c1)c1nc2c(F)cc(F)cc2s1.Cl. The molecule has 0 bridgehead atoms. The second-order valence-corrected chi connectivity index (χ2v) is 7.59. The highest BCUT2D eigenvalue weighted by atomic mass is 35.5. The molecule has 3 aromatic rings. The van der Waals surface area contributed by atoms with Gasteiger partial charge in [-0.2, -0.15) is 0 Å². The monoisotopic (exact) mass is 439 g/mol. The van der Waals surface area contributed by atoms with E-state index in [1.165, 1.54) is 6.07 Å². The zero-order chi connectivity index (χ0) is 20.3. The van der Waals surface area contributed by atoms with Gasteiger partial charge >= 0.3 is 0 Å². The molecule has 0 spiro atoms. The van der Waals surface area contributed by atoms with Crippen molar-refractivity contribution in [2.45, 2.75) is 20.8 Å². The molecule has 0 saturated heterocycles. The van der Waals surface area contributed by atoms with Gasteiger partial charge in [-0.1, -0.05) is 42.9 Å². The molecule has 0 aliphatic heterocycles. The molecule has 0 fully saturated rings. The summed E-state index contributed by atoms with van der Waals surface area (Å²) in [6, 6.07) is 9.40. The standard InChI is InChI=1S/C21H23F2N3OS.ClH/c1-4-25(5-2)9-10-26(20(27)15-8-6-7-14(3)11-15)21-24-19-17(23)12-16(22)13-18(19)28-21;/h6-8,11-13H,4-5,9-10H2,1-3H3;1H. The van der Waals surface area contributed by atoms with Crippen LogP contribution in [-0.2, 0) is 0 Å². The number of thiazole rings is 1. The number of aryl methyl sites for hydroxylation is 1. The molecule has 0 aliphatic rings. The molecule has 29 heavy (non-hydrogen) atoms. The van der Waals surface area contributed by atoms with E-state index < -0.39 is 11.6 Å². The number of aromatic nitrogens is 1. The molecule has 0 N–H and O–H groups in total. The van der Waals surface area contributed by atoms with Gasteiger partial charge in [0, 0.05) is 24.7 Å². The molecule has 1 heterocycles. The van der Waals surface area contributed by atoms with Gasteiger partial charge in [0.1, 0.15) is 11.3 Å². The van der Waals surface area contributed by atoms with E-state index >= 15 is 0 Å². The number of benzene rings is 2. The van der Waals surface area contributed by atoms with Crippen LogP contribution in [0.5, 0.6) is 0 Å². The van der Waals surface area contributed by atoms with Crippen LogP contribution in [0.3, 0.4) is 0 Å². The number of carbonyl (C=O) groups is 1. The van der Waals surface area contributed by atoms with E-state index in [4.69, 9.17) is 0 Å². The number of amides is 1. The number of rotatable bonds is 7. The van der Waals surface area contributed by atoms with Gasteiger partial charge < -0.3 is 4.90 Å². The second kappa shape index (κ2) is 10.1. The lowest BCUT2D eigenvalue weighted by molar-refractivity contribution is 0.0983. The molecular weight excluding hydrogens is 416 g/mol. The molecule has 2 aromatic carbocycles. The van der Waals surface area contributed by atoms with Gasteiger partial charge in [-0.25, -0.2) is 13.8 Å². The third kappa shape index (κ3) is 5.29. The number of anilines is 1. The van der Waals surface area contributed by atoms with Crippen molar-refractivity contribution >= 4 is 45.0 Å². The van der Waals surface area contributed by atoms with E-state index in [-0.39, 0.29) is 23.8 Å². The number of nitrogens with zero attached hydrogens (tertiary/aromatic N) is 3.